The van der Waals surface area contributed by atoms with Gasteiger partial charge in [0.05, 0.1) is 6.20 Å². The molecule has 84 valence electrons. The molecule has 0 amide bonds. The number of H-pyrrole nitrogens is 1. The summed E-state index contributed by atoms with van der Waals surface area (Å²) in [5.74, 6) is 0.202. The Hall–Kier alpha value is -2.43. The van der Waals surface area contributed by atoms with E-state index in [0.29, 0.717) is 16.9 Å². The van der Waals surface area contributed by atoms with Gasteiger partial charge in [-0.25, -0.2) is 0 Å². The number of aromatic hydroxyl groups is 1. The summed E-state index contributed by atoms with van der Waals surface area (Å²) in [6.45, 7) is 1.94. The molecule has 0 unspecified atom stereocenters. The highest BCUT2D eigenvalue weighted by Gasteiger charge is 2.12. The van der Waals surface area contributed by atoms with Crippen LogP contribution in [0, 0.1) is 6.92 Å². The minimum absolute atomic E-state index is 0.202. The van der Waals surface area contributed by atoms with Crippen LogP contribution in [0.2, 0.25) is 0 Å². The molecule has 0 aliphatic rings. The standard InChI is InChI=1S/C12H10N4O/c1-7-9-6-13-15-12(9)16-14-11(7)8-4-2-3-5-10(8)17/h2-6,17H,1H3,(H,13,15,16). The van der Waals surface area contributed by atoms with Crippen LogP contribution in [0.5, 0.6) is 5.75 Å². The highest BCUT2D eigenvalue weighted by Crippen LogP contribution is 2.31. The molecular formula is C12H10N4O. The topological polar surface area (TPSA) is 74.7 Å². The summed E-state index contributed by atoms with van der Waals surface area (Å²) in [6, 6.07) is 7.09. The molecule has 3 aromatic rings. The summed E-state index contributed by atoms with van der Waals surface area (Å²) < 4.78 is 0. The van der Waals surface area contributed by atoms with Crippen LogP contribution in [0.4, 0.5) is 0 Å². The van der Waals surface area contributed by atoms with E-state index in [1.807, 2.05) is 19.1 Å². The van der Waals surface area contributed by atoms with E-state index >= 15 is 0 Å². The SMILES string of the molecule is Cc1c(-c2ccccc2O)nnc2[nH]ncc12. The van der Waals surface area contributed by atoms with Gasteiger partial charge in [-0.2, -0.15) is 5.10 Å². The first kappa shape index (κ1) is 9.77. The van der Waals surface area contributed by atoms with Crippen LogP contribution in [0.15, 0.2) is 30.5 Å². The van der Waals surface area contributed by atoms with Crippen molar-refractivity contribution in [1.82, 2.24) is 20.4 Å². The van der Waals surface area contributed by atoms with Gasteiger partial charge in [0.1, 0.15) is 11.4 Å². The summed E-state index contributed by atoms with van der Waals surface area (Å²) in [7, 11) is 0. The number of nitrogens with one attached hydrogen (secondary N) is 1. The zero-order valence-electron chi connectivity index (χ0n) is 9.18. The largest absolute Gasteiger partial charge is 0.507 e. The molecule has 0 bridgehead atoms. The maximum Gasteiger partial charge on any atom is 0.178 e. The van der Waals surface area contributed by atoms with Crippen molar-refractivity contribution in [1.29, 1.82) is 0 Å². The van der Waals surface area contributed by atoms with E-state index in [4.69, 9.17) is 0 Å². The van der Waals surface area contributed by atoms with Gasteiger partial charge in [0.25, 0.3) is 0 Å². The van der Waals surface area contributed by atoms with E-state index in [0.717, 1.165) is 10.9 Å². The van der Waals surface area contributed by atoms with Gasteiger partial charge >= 0.3 is 0 Å². The summed E-state index contributed by atoms with van der Waals surface area (Å²) >= 11 is 0. The van der Waals surface area contributed by atoms with Crippen molar-refractivity contribution in [3.63, 3.8) is 0 Å². The number of fused-ring (bicyclic) bond motifs is 1. The number of para-hydroxylation sites is 1. The molecule has 2 N–H and O–H groups in total. The van der Waals surface area contributed by atoms with Gasteiger partial charge in [-0.05, 0) is 24.6 Å². The molecule has 17 heavy (non-hydrogen) atoms. The zero-order chi connectivity index (χ0) is 11.8. The molecule has 0 aliphatic carbocycles. The maximum atomic E-state index is 9.82. The lowest BCUT2D eigenvalue weighted by molar-refractivity contribution is 0.477. The highest BCUT2D eigenvalue weighted by molar-refractivity contribution is 5.84. The van der Waals surface area contributed by atoms with Crippen LogP contribution < -0.4 is 0 Å². The van der Waals surface area contributed by atoms with Crippen molar-refractivity contribution >= 4 is 11.0 Å². The van der Waals surface area contributed by atoms with Crippen LogP contribution in [-0.4, -0.2) is 25.5 Å². The lowest BCUT2D eigenvalue weighted by atomic mass is 10.0. The van der Waals surface area contributed by atoms with Gasteiger partial charge in [-0.3, -0.25) is 5.10 Å². The molecule has 3 rings (SSSR count). The van der Waals surface area contributed by atoms with Crippen LogP contribution in [0.25, 0.3) is 22.3 Å². The number of nitrogens with zero attached hydrogens (tertiary/aromatic N) is 3. The van der Waals surface area contributed by atoms with Crippen molar-refractivity contribution in [3.8, 4) is 17.0 Å². The number of aromatic amines is 1. The first-order valence-corrected chi connectivity index (χ1v) is 5.22. The second-order valence-electron chi connectivity index (χ2n) is 3.82. The van der Waals surface area contributed by atoms with Gasteiger partial charge in [-0.15, -0.1) is 10.2 Å². The molecular weight excluding hydrogens is 216 g/mol. The van der Waals surface area contributed by atoms with Crippen LogP contribution in [-0.2, 0) is 0 Å². The zero-order valence-corrected chi connectivity index (χ0v) is 9.18. The molecule has 0 spiro atoms. The second kappa shape index (κ2) is 3.55. The number of aromatic nitrogens is 4. The van der Waals surface area contributed by atoms with Crippen LogP contribution >= 0.6 is 0 Å². The third-order valence-corrected chi connectivity index (χ3v) is 2.79. The predicted octanol–water partition coefficient (Wildman–Crippen LogP) is 2.03. The van der Waals surface area contributed by atoms with Gasteiger partial charge < -0.3 is 5.11 Å². The Balaban J connectivity index is 2.31. The van der Waals surface area contributed by atoms with Crippen molar-refractivity contribution in [3.05, 3.63) is 36.0 Å². The van der Waals surface area contributed by atoms with Gasteiger partial charge in [-0.1, -0.05) is 12.1 Å². The normalized spacial score (nSPS) is 10.9. The third-order valence-electron chi connectivity index (χ3n) is 2.79. The summed E-state index contributed by atoms with van der Waals surface area (Å²) in [6.07, 6.45) is 1.71. The van der Waals surface area contributed by atoms with Crippen LogP contribution in [0.1, 0.15) is 5.56 Å². The Morgan fingerprint density at radius 1 is 1.18 bits per heavy atom. The van der Waals surface area contributed by atoms with Crippen molar-refractivity contribution in [2.45, 2.75) is 6.92 Å². The molecule has 1 aromatic carbocycles. The first-order valence-electron chi connectivity index (χ1n) is 5.22. The highest BCUT2D eigenvalue weighted by atomic mass is 16.3. The Kier molecular flexibility index (Phi) is 2.04. The quantitative estimate of drug-likeness (QED) is 0.665. The Bertz CT molecular complexity index is 690. The minimum Gasteiger partial charge on any atom is -0.507 e. The van der Waals surface area contributed by atoms with Gasteiger partial charge in [0.2, 0.25) is 0 Å². The fourth-order valence-corrected chi connectivity index (χ4v) is 1.86. The van der Waals surface area contributed by atoms with Gasteiger partial charge in [0.15, 0.2) is 5.65 Å². The predicted molar refractivity (Wildman–Crippen MR) is 63.5 cm³/mol. The van der Waals surface area contributed by atoms with E-state index < -0.39 is 0 Å². The lowest BCUT2D eigenvalue weighted by Gasteiger charge is -2.06. The second-order valence-corrected chi connectivity index (χ2v) is 3.82. The van der Waals surface area contributed by atoms with E-state index in [2.05, 4.69) is 20.4 Å². The van der Waals surface area contributed by atoms with Crippen molar-refractivity contribution in [2.24, 2.45) is 0 Å². The molecule has 2 aromatic heterocycles. The molecule has 5 heteroatoms. The molecule has 0 atom stereocenters. The van der Waals surface area contributed by atoms with E-state index in [1.165, 1.54) is 0 Å². The average molecular weight is 226 g/mol. The molecule has 0 radical (unpaired) electrons. The number of phenolic OH excluding ortho intramolecular Hbond substituents is 1. The average Bonchev–Trinajstić information content (AvgIpc) is 2.80. The number of aryl methyl sites for hydroxylation is 1. The molecule has 0 saturated carbocycles. The van der Waals surface area contributed by atoms with Crippen LogP contribution in [0.3, 0.4) is 0 Å². The summed E-state index contributed by atoms with van der Waals surface area (Å²) in [5.41, 5.74) is 2.96. The van der Waals surface area contributed by atoms with E-state index in [-0.39, 0.29) is 5.75 Å². The fraction of sp³-hybridized carbons (Fsp3) is 0.0833. The maximum absolute atomic E-state index is 9.82. The molecule has 0 saturated heterocycles. The van der Waals surface area contributed by atoms with E-state index in [1.54, 1.807) is 18.3 Å². The Morgan fingerprint density at radius 3 is 2.82 bits per heavy atom. The monoisotopic (exact) mass is 226 g/mol. The number of benzene rings is 1. The first-order chi connectivity index (χ1) is 8.27. The third kappa shape index (κ3) is 1.44. The lowest BCUT2D eigenvalue weighted by Crippen LogP contribution is -1.93. The number of hydrogen-bond acceptors (Lipinski definition) is 4. The molecule has 5 nitrogen and oxygen atoms in total. The van der Waals surface area contributed by atoms with Crippen molar-refractivity contribution < 1.29 is 5.11 Å². The molecule has 0 fully saturated rings. The number of phenols is 1. The summed E-state index contributed by atoms with van der Waals surface area (Å²) in [5, 5.41) is 25.6. The Morgan fingerprint density at radius 2 is 2.00 bits per heavy atom. The van der Waals surface area contributed by atoms with Gasteiger partial charge in [0, 0.05) is 10.9 Å². The van der Waals surface area contributed by atoms with E-state index in [9.17, 15) is 5.11 Å². The molecule has 0 aliphatic heterocycles. The fourth-order valence-electron chi connectivity index (χ4n) is 1.86. The number of rotatable bonds is 1. The smallest absolute Gasteiger partial charge is 0.178 e. The minimum atomic E-state index is 0.202. The summed E-state index contributed by atoms with van der Waals surface area (Å²) in [4.78, 5) is 0. The number of hydrogen-bond donors (Lipinski definition) is 2. The molecule has 2 heterocycles. The van der Waals surface area contributed by atoms with Crippen molar-refractivity contribution in [2.75, 3.05) is 0 Å². The Labute approximate surface area is 97.1 Å².